The van der Waals surface area contributed by atoms with Crippen LogP contribution in [0.15, 0.2) is 42.5 Å². The van der Waals surface area contributed by atoms with E-state index >= 15 is 0 Å². The average molecular weight is 491 g/mol. The van der Waals surface area contributed by atoms with Gasteiger partial charge in [-0.15, -0.1) is 0 Å². The molecule has 36 heavy (non-hydrogen) atoms. The van der Waals surface area contributed by atoms with Gasteiger partial charge < -0.3 is 20.1 Å². The summed E-state index contributed by atoms with van der Waals surface area (Å²) in [5.74, 6) is 2.65. The van der Waals surface area contributed by atoms with Gasteiger partial charge in [0, 0.05) is 12.0 Å². The molecule has 0 unspecified atom stereocenters. The number of aliphatic hydroxyl groups excluding tert-OH is 1. The number of phenols is 1. The summed E-state index contributed by atoms with van der Waals surface area (Å²) in [5.41, 5.74) is 3.77. The van der Waals surface area contributed by atoms with Crippen LogP contribution in [0.2, 0.25) is 0 Å². The summed E-state index contributed by atoms with van der Waals surface area (Å²) in [7, 11) is 0. The van der Waals surface area contributed by atoms with E-state index in [1.165, 1.54) is 16.7 Å². The first-order valence-corrected chi connectivity index (χ1v) is 14.3. The second kappa shape index (κ2) is 9.06. The number of ether oxygens (including phenoxy) is 1. The lowest BCUT2D eigenvalue weighted by Crippen LogP contribution is -2.54. The topological polar surface area (TPSA) is 69.9 Å². The number of aryl methyl sites for hydroxylation is 1. The Kier molecular flexibility index (Phi) is 6.12. The Bertz CT molecular complexity index is 1080. The van der Waals surface area contributed by atoms with Crippen molar-refractivity contribution in [3.05, 3.63) is 59.2 Å². The fourth-order valence-corrected chi connectivity index (χ4v) is 9.27. The van der Waals surface area contributed by atoms with Gasteiger partial charge in [-0.2, -0.15) is 0 Å². The van der Waals surface area contributed by atoms with Crippen LogP contribution in [0.4, 0.5) is 0 Å². The van der Waals surface area contributed by atoms with Crippen molar-refractivity contribution in [3.63, 3.8) is 0 Å². The highest BCUT2D eigenvalue weighted by Gasteiger charge is 2.74. The van der Waals surface area contributed by atoms with Crippen LogP contribution in [0.5, 0.6) is 11.5 Å². The SMILES string of the molecule is C[C@]12C[C@H](c3ccc(OCCCCCCO)cc3)[C@@H]3c4ccc(O)cc4CC[C@H]3C13CCC2(O)CC3. The predicted octanol–water partition coefficient (Wildman–Crippen LogP) is 6.47. The monoisotopic (exact) mass is 490 g/mol. The normalized spacial score (nSPS) is 36.2. The van der Waals surface area contributed by atoms with Crippen molar-refractivity contribution >= 4 is 0 Å². The molecule has 3 N–H and O–H groups in total. The molecule has 0 aliphatic heterocycles. The Morgan fingerprint density at radius 3 is 2.44 bits per heavy atom. The van der Waals surface area contributed by atoms with Crippen molar-refractivity contribution in [2.75, 3.05) is 13.2 Å². The molecule has 0 heterocycles. The van der Waals surface area contributed by atoms with E-state index in [2.05, 4.69) is 37.3 Å². The Morgan fingerprint density at radius 2 is 1.69 bits per heavy atom. The minimum absolute atomic E-state index is 0.0377. The molecule has 4 aliphatic rings. The number of benzene rings is 2. The molecule has 0 amide bonds. The maximum atomic E-state index is 11.8. The molecular weight excluding hydrogens is 448 g/mol. The number of aliphatic hydroxyl groups is 2. The molecule has 4 aliphatic carbocycles. The fraction of sp³-hybridized carbons (Fsp3) is 0.625. The molecule has 4 heteroatoms. The standard InChI is InChI=1S/C32H42O4/c1-30-21-27(22-6-10-25(11-7-22)36-19-5-3-2-4-18-33)29-26-12-9-24(34)20-23(26)8-13-28(29)31(30)14-16-32(30,35)17-15-31/h6-7,9-12,20,27-29,33-35H,2-5,8,13-19,21H2,1H3/t27-,28-,29+,30+,31?,32?/m1/s1. The summed E-state index contributed by atoms with van der Waals surface area (Å²) < 4.78 is 6.02. The largest absolute Gasteiger partial charge is 0.508 e. The molecule has 0 aromatic heterocycles. The van der Waals surface area contributed by atoms with E-state index in [0.717, 1.165) is 76.4 Å². The average Bonchev–Trinajstić information content (AvgIpc) is 3.26. The van der Waals surface area contributed by atoms with E-state index in [-0.39, 0.29) is 17.4 Å². The van der Waals surface area contributed by atoms with Gasteiger partial charge in [0.1, 0.15) is 11.5 Å². The summed E-state index contributed by atoms with van der Waals surface area (Å²) in [6, 6.07) is 14.8. The third kappa shape index (κ3) is 3.55. The molecular formula is C32H42O4. The Hall–Kier alpha value is -2.04. The Balaban J connectivity index is 1.30. The molecule has 2 aromatic carbocycles. The van der Waals surface area contributed by atoms with Crippen LogP contribution < -0.4 is 4.74 Å². The second-order valence-electron chi connectivity index (χ2n) is 12.4. The van der Waals surface area contributed by atoms with Crippen molar-refractivity contribution in [2.45, 2.75) is 95.0 Å². The van der Waals surface area contributed by atoms with Crippen LogP contribution in [-0.4, -0.2) is 34.1 Å². The molecule has 2 bridgehead atoms. The second-order valence-corrected chi connectivity index (χ2v) is 12.4. The smallest absolute Gasteiger partial charge is 0.119 e. The van der Waals surface area contributed by atoms with Crippen LogP contribution >= 0.6 is 0 Å². The van der Waals surface area contributed by atoms with E-state index in [0.29, 0.717) is 30.1 Å². The fourth-order valence-electron chi connectivity index (χ4n) is 9.27. The number of aromatic hydroxyl groups is 1. The predicted molar refractivity (Wildman–Crippen MR) is 141 cm³/mol. The number of rotatable bonds is 8. The first-order valence-electron chi connectivity index (χ1n) is 14.3. The maximum absolute atomic E-state index is 11.8. The van der Waals surface area contributed by atoms with Gasteiger partial charge in [-0.1, -0.05) is 31.5 Å². The van der Waals surface area contributed by atoms with E-state index < -0.39 is 5.60 Å². The number of hydrogen-bond donors (Lipinski definition) is 3. The maximum Gasteiger partial charge on any atom is 0.119 e. The lowest BCUT2D eigenvalue weighted by Gasteiger charge is -2.59. The van der Waals surface area contributed by atoms with Gasteiger partial charge >= 0.3 is 0 Å². The van der Waals surface area contributed by atoms with Gasteiger partial charge in [0.25, 0.3) is 0 Å². The highest BCUT2D eigenvalue weighted by Crippen LogP contribution is 2.79. The molecule has 4 nitrogen and oxygen atoms in total. The Labute approximate surface area is 215 Å². The number of hydrogen-bond acceptors (Lipinski definition) is 4. The van der Waals surface area contributed by atoms with Crippen LogP contribution in [0.3, 0.4) is 0 Å². The number of unbranched alkanes of at least 4 members (excludes halogenated alkanes) is 3. The van der Waals surface area contributed by atoms with Gasteiger partial charge in [-0.3, -0.25) is 0 Å². The summed E-state index contributed by atoms with van der Waals surface area (Å²) in [6.45, 7) is 3.40. The highest BCUT2D eigenvalue weighted by molar-refractivity contribution is 5.45. The molecule has 4 atom stereocenters. The third-order valence-corrected chi connectivity index (χ3v) is 11.1. The molecule has 0 radical (unpaired) electrons. The zero-order valence-electron chi connectivity index (χ0n) is 21.7. The lowest BCUT2D eigenvalue weighted by molar-refractivity contribution is -0.108. The van der Waals surface area contributed by atoms with Crippen LogP contribution in [-0.2, 0) is 6.42 Å². The summed E-state index contributed by atoms with van der Waals surface area (Å²) in [6.07, 6.45) is 11.4. The molecule has 0 saturated heterocycles. The minimum atomic E-state index is -0.523. The summed E-state index contributed by atoms with van der Waals surface area (Å²) in [5, 5.41) is 31.0. The molecule has 6 rings (SSSR count). The van der Waals surface area contributed by atoms with Crippen molar-refractivity contribution in [3.8, 4) is 11.5 Å². The van der Waals surface area contributed by atoms with Crippen molar-refractivity contribution in [2.24, 2.45) is 16.7 Å². The van der Waals surface area contributed by atoms with E-state index in [1.807, 2.05) is 12.1 Å². The zero-order chi connectivity index (χ0) is 25.0. The Morgan fingerprint density at radius 1 is 0.944 bits per heavy atom. The summed E-state index contributed by atoms with van der Waals surface area (Å²) >= 11 is 0. The van der Waals surface area contributed by atoms with E-state index in [1.54, 1.807) is 0 Å². The number of fused-ring (bicyclic) bond motifs is 3. The van der Waals surface area contributed by atoms with Crippen molar-refractivity contribution < 1.29 is 20.1 Å². The van der Waals surface area contributed by atoms with Crippen LogP contribution in [0, 0.1) is 16.7 Å². The zero-order valence-corrected chi connectivity index (χ0v) is 21.7. The first-order chi connectivity index (χ1) is 17.4. The van der Waals surface area contributed by atoms with Crippen LogP contribution in [0.1, 0.15) is 99.7 Å². The molecule has 3 fully saturated rings. The molecule has 3 saturated carbocycles. The highest BCUT2D eigenvalue weighted by atomic mass is 16.5. The molecule has 0 spiro atoms. The van der Waals surface area contributed by atoms with Gasteiger partial charge in [0.2, 0.25) is 0 Å². The first kappa shape index (κ1) is 24.3. The van der Waals surface area contributed by atoms with E-state index in [4.69, 9.17) is 9.84 Å². The summed E-state index contributed by atoms with van der Waals surface area (Å²) in [4.78, 5) is 0. The number of phenolic OH excluding ortho intramolecular Hbond substituents is 1. The lowest BCUT2D eigenvalue weighted by atomic mass is 9.45. The van der Waals surface area contributed by atoms with Gasteiger partial charge in [-0.05, 0) is 128 Å². The quantitative estimate of drug-likeness (QED) is 0.371. The molecule has 2 aromatic rings. The molecule has 194 valence electrons. The van der Waals surface area contributed by atoms with Crippen molar-refractivity contribution in [1.29, 1.82) is 0 Å². The van der Waals surface area contributed by atoms with Crippen molar-refractivity contribution in [1.82, 2.24) is 0 Å². The third-order valence-electron chi connectivity index (χ3n) is 11.1. The van der Waals surface area contributed by atoms with E-state index in [9.17, 15) is 10.2 Å². The van der Waals surface area contributed by atoms with Gasteiger partial charge in [-0.25, -0.2) is 0 Å². The van der Waals surface area contributed by atoms with Gasteiger partial charge in [0.15, 0.2) is 0 Å². The van der Waals surface area contributed by atoms with Gasteiger partial charge in [0.05, 0.1) is 12.2 Å². The minimum Gasteiger partial charge on any atom is -0.508 e. The van der Waals surface area contributed by atoms with Crippen LogP contribution in [0.25, 0.3) is 0 Å².